The normalized spacial score (nSPS) is 11.2. The van der Waals surface area contributed by atoms with Gasteiger partial charge in [-0.1, -0.05) is 17.7 Å². The summed E-state index contributed by atoms with van der Waals surface area (Å²) in [5.41, 5.74) is -0.992. The predicted molar refractivity (Wildman–Crippen MR) is 90.5 cm³/mol. The topological polar surface area (TPSA) is 52.4 Å². The maximum atomic E-state index is 12.6. The van der Waals surface area contributed by atoms with Gasteiger partial charge in [0.05, 0.1) is 20.4 Å². The summed E-state index contributed by atoms with van der Waals surface area (Å²) >= 11 is 7.03. The standard InChI is InChI=1S/C16H11ClF3NO3S/c1-2-7-25-15-9-11(4-5-13(15)21(22)23)24-14-6-3-10(8-12(14)17)16(18,19)20/h2-6,8-9H,1,7H2. The van der Waals surface area contributed by atoms with E-state index in [1.165, 1.54) is 30.0 Å². The highest BCUT2D eigenvalue weighted by Gasteiger charge is 2.31. The smallest absolute Gasteiger partial charge is 0.416 e. The van der Waals surface area contributed by atoms with Gasteiger partial charge in [0.15, 0.2) is 0 Å². The fraction of sp³-hybridized carbons (Fsp3) is 0.125. The molecule has 0 saturated heterocycles. The minimum atomic E-state index is -4.51. The van der Waals surface area contributed by atoms with E-state index in [4.69, 9.17) is 16.3 Å². The molecule has 2 aromatic carbocycles. The number of rotatable bonds is 6. The molecule has 0 heterocycles. The lowest BCUT2D eigenvalue weighted by Crippen LogP contribution is -2.04. The Labute approximate surface area is 150 Å². The van der Waals surface area contributed by atoms with E-state index in [9.17, 15) is 23.3 Å². The van der Waals surface area contributed by atoms with Crippen LogP contribution in [0.5, 0.6) is 11.5 Å². The Balaban J connectivity index is 2.31. The van der Waals surface area contributed by atoms with Gasteiger partial charge < -0.3 is 4.74 Å². The molecule has 0 unspecified atom stereocenters. The van der Waals surface area contributed by atoms with Gasteiger partial charge in [0.1, 0.15) is 11.5 Å². The lowest BCUT2D eigenvalue weighted by Gasteiger charge is -2.12. The molecule has 2 rings (SSSR count). The quantitative estimate of drug-likeness (QED) is 0.250. The molecule has 132 valence electrons. The average Bonchev–Trinajstić information content (AvgIpc) is 2.53. The van der Waals surface area contributed by atoms with Crippen LogP contribution in [0.15, 0.2) is 53.9 Å². The zero-order valence-electron chi connectivity index (χ0n) is 12.5. The highest BCUT2D eigenvalue weighted by Crippen LogP contribution is 2.38. The summed E-state index contributed by atoms with van der Waals surface area (Å²) < 4.78 is 43.4. The summed E-state index contributed by atoms with van der Waals surface area (Å²) in [7, 11) is 0. The number of benzene rings is 2. The Kier molecular flexibility index (Phi) is 5.97. The number of nitro groups is 1. The Morgan fingerprint density at radius 3 is 2.56 bits per heavy atom. The largest absolute Gasteiger partial charge is 0.456 e. The summed E-state index contributed by atoms with van der Waals surface area (Å²) in [6.45, 7) is 3.55. The van der Waals surface area contributed by atoms with Gasteiger partial charge in [0.25, 0.3) is 5.69 Å². The van der Waals surface area contributed by atoms with Crippen molar-refractivity contribution in [1.29, 1.82) is 0 Å². The van der Waals surface area contributed by atoms with Crippen molar-refractivity contribution in [3.63, 3.8) is 0 Å². The highest BCUT2D eigenvalue weighted by molar-refractivity contribution is 7.99. The highest BCUT2D eigenvalue weighted by atomic mass is 35.5. The first-order chi connectivity index (χ1) is 11.7. The molecular weight excluding hydrogens is 379 g/mol. The fourth-order valence-electron chi connectivity index (χ4n) is 1.86. The molecule has 0 aromatic heterocycles. The SMILES string of the molecule is C=CCSc1cc(Oc2ccc(C(F)(F)F)cc2Cl)ccc1[N+](=O)[O-]. The number of ether oxygens (including phenoxy) is 1. The molecule has 0 radical (unpaired) electrons. The molecule has 9 heteroatoms. The van der Waals surface area contributed by atoms with Crippen LogP contribution in [0.25, 0.3) is 0 Å². The van der Waals surface area contributed by atoms with Crippen molar-refractivity contribution in [1.82, 2.24) is 0 Å². The molecular formula is C16H11ClF3NO3S. The van der Waals surface area contributed by atoms with Crippen molar-refractivity contribution in [2.75, 3.05) is 5.75 Å². The molecule has 0 atom stereocenters. The van der Waals surface area contributed by atoms with Gasteiger partial charge in [-0.25, -0.2) is 0 Å². The van der Waals surface area contributed by atoms with Crippen LogP contribution in [0.2, 0.25) is 5.02 Å². The lowest BCUT2D eigenvalue weighted by molar-refractivity contribution is -0.387. The second-order valence-electron chi connectivity index (χ2n) is 4.73. The first-order valence-electron chi connectivity index (χ1n) is 6.79. The van der Waals surface area contributed by atoms with E-state index in [1.807, 2.05) is 0 Å². The molecule has 2 aromatic rings. The van der Waals surface area contributed by atoms with Crippen LogP contribution >= 0.6 is 23.4 Å². The van der Waals surface area contributed by atoms with Crippen LogP contribution in [0.3, 0.4) is 0 Å². The number of hydrogen-bond donors (Lipinski definition) is 0. The van der Waals surface area contributed by atoms with Crippen LogP contribution < -0.4 is 4.74 Å². The molecule has 0 fully saturated rings. The molecule has 0 aliphatic rings. The number of nitro benzene ring substituents is 1. The Morgan fingerprint density at radius 2 is 2.00 bits per heavy atom. The Hall–Kier alpha value is -2.19. The summed E-state index contributed by atoms with van der Waals surface area (Å²) in [5, 5.41) is 10.8. The first kappa shape index (κ1) is 19.1. The van der Waals surface area contributed by atoms with Gasteiger partial charge in [-0.2, -0.15) is 13.2 Å². The Bertz CT molecular complexity index is 812. The van der Waals surface area contributed by atoms with Crippen molar-refractivity contribution in [2.45, 2.75) is 11.1 Å². The van der Waals surface area contributed by atoms with E-state index in [0.717, 1.165) is 18.2 Å². The van der Waals surface area contributed by atoms with E-state index in [1.54, 1.807) is 6.08 Å². The number of thioether (sulfide) groups is 1. The van der Waals surface area contributed by atoms with Gasteiger partial charge in [0, 0.05) is 17.9 Å². The number of hydrogen-bond acceptors (Lipinski definition) is 4. The minimum Gasteiger partial charge on any atom is -0.456 e. The van der Waals surface area contributed by atoms with Crippen molar-refractivity contribution in [3.8, 4) is 11.5 Å². The van der Waals surface area contributed by atoms with Gasteiger partial charge in [0.2, 0.25) is 0 Å². The van der Waals surface area contributed by atoms with Crippen molar-refractivity contribution in [3.05, 3.63) is 69.8 Å². The van der Waals surface area contributed by atoms with E-state index < -0.39 is 16.7 Å². The van der Waals surface area contributed by atoms with E-state index in [0.29, 0.717) is 10.6 Å². The zero-order valence-corrected chi connectivity index (χ0v) is 14.1. The molecule has 4 nitrogen and oxygen atoms in total. The summed E-state index contributed by atoms with van der Waals surface area (Å²) in [6, 6.07) is 6.75. The van der Waals surface area contributed by atoms with Gasteiger partial charge in [-0.15, -0.1) is 18.3 Å². The number of nitrogens with zero attached hydrogens (tertiary/aromatic N) is 1. The molecule has 0 N–H and O–H groups in total. The first-order valence-corrected chi connectivity index (χ1v) is 8.15. The molecule has 0 bridgehead atoms. The van der Waals surface area contributed by atoms with Crippen LogP contribution in [0, 0.1) is 10.1 Å². The van der Waals surface area contributed by atoms with Gasteiger partial charge in [-0.05, 0) is 24.3 Å². The van der Waals surface area contributed by atoms with E-state index in [2.05, 4.69) is 6.58 Å². The van der Waals surface area contributed by atoms with Crippen LogP contribution in [-0.2, 0) is 6.18 Å². The lowest BCUT2D eigenvalue weighted by atomic mass is 10.2. The predicted octanol–water partition coefficient (Wildman–Crippen LogP) is 6.34. The summed E-state index contributed by atoms with van der Waals surface area (Å²) in [6.07, 6.45) is -2.92. The number of alkyl halides is 3. The third kappa shape index (κ3) is 4.90. The van der Waals surface area contributed by atoms with Crippen LogP contribution in [0.4, 0.5) is 18.9 Å². The van der Waals surface area contributed by atoms with Gasteiger partial charge >= 0.3 is 6.18 Å². The van der Waals surface area contributed by atoms with Gasteiger partial charge in [-0.3, -0.25) is 10.1 Å². The van der Waals surface area contributed by atoms with Crippen LogP contribution in [0.1, 0.15) is 5.56 Å². The van der Waals surface area contributed by atoms with Crippen molar-refractivity contribution < 1.29 is 22.8 Å². The monoisotopic (exact) mass is 389 g/mol. The molecule has 0 saturated carbocycles. The van der Waals surface area contributed by atoms with E-state index in [-0.39, 0.29) is 22.2 Å². The summed E-state index contributed by atoms with van der Waals surface area (Å²) in [5.74, 6) is 0.688. The second-order valence-corrected chi connectivity index (χ2v) is 6.20. The van der Waals surface area contributed by atoms with Crippen molar-refractivity contribution in [2.24, 2.45) is 0 Å². The minimum absolute atomic E-state index is 0.0168. The molecule has 0 aliphatic heterocycles. The van der Waals surface area contributed by atoms with E-state index >= 15 is 0 Å². The third-order valence-electron chi connectivity index (χ3n) is 2.97. The fourth-order valence-corrected chi connectivity index (χ4v) is 2.87. The molecule has 25 heavy (non-hydrogen) atoms. The maximum absolute atomic E-state index is 12.6. The van der Waals surface area contributed by atoms with Crippen LogP contribution in [-0.4, -0.2) is 10.7 Å². The molecule has 0 spiro atoms. The summed E-state index contributed by atoms with van der Waals surface area (Å²) in [4.78, 5) is 10.9. The second kappa shape index (κ2) is 7.79. The Morgan fingerprint density at radius 1 is 1.28 bits per heavy atom. The number of halogens is 4. The molecule has 0 amide bonds. The maximum Gasteiger partial charge on any atom is 0.416 e. The van der Waals surface area contributed by atoms with Crippen molar-refractivity contribution >= 4 is 29.1 Å². The average molecular weight is 390 g/mol. The third-order valence-corrected chi connectivity index (χ3v) is 4.31. The molecule has 0 aliphatic carbocycles. The zero-order chi connectivity index (χ0) is 18.6.